The van der Waals surface area contributed by atoms with Gasteiger partial charge in [-0.2, -0.15) is 0 Å². The van der Waals surface area contributed by atoms with Crippen molar-refractivity contribution in [2.75, 3.05) is 13.7 Å². The molecule has 0 radical (unpaired) electrons. The van der Waals surface area contributed by atoms with E-state index in [9.17, 15) is 9.90 Å². The highest BCUT2D eigenvalue weighted by molar-refractivity contribution is 6.31. The van der Waals surface area contributed by atoms with E-state index in [0.29, 0.717) is 29.9 Å². The van der Waals surface area contributed by atoms with Crippen molar-refractivity contribution < 1.29 is 14.6 Å². The summed E-state index contributed by atoms with van der Waals surface area (Å²) < 4.78 is 5.23. The van der Waals surface area contributed by atoms with Crippen LogP contribution < -0.4 is 0 Å². The molecule has 126 valence electrons. The van der Waals surface area contributed by atoms with Crippen LogP contribution in [0.5, 0.6) is 0 Å². The van der Waals surface area contributed by atoms with Crippen molar-refractivity contribution in [2.24, 2.45) is 11.8 Å². The number of halogens is 1. The Morgan fingerprint density at radius 3 is 2.74 bits per heavy atom. The van der Waals surface area contributed by atoms with E-state index in [4.69, 9.17) is 16.3 Å². The summed E-state index contributed by atoms with van der Waals surface area (Å²) in [6.45, 7) is 0.514. The normalized spacial score (nSPS) is 27.1. The van der Waals surface area contributed by atoms with Gasteiger partial charge in [0.2, 0.25) is 0 Å². The van der Waals surface area contributed by atoms with Gasteiger partial charge in [0.05, 0.1) is 6.04 Å². The second-order valence-electron chi connectivity index (χ2n) is 6.75. The van der Waals surface area contributed by atoms with Gasteiger partial charge in [-0.05, 0) is 49.1 Å². The smallest absolute Gasteiger partial charge is 0.408 e. The number of rotatable bonds is 6. The maximum absolute atomic E-state index is 12.1. The monoisotopic (exact) mass is 337 g/mol. The maximum atomic E-state index is 12.1. The first kappa shape index (κ1) is 16.6. The van der Waals surface area contributed by atoms with Crippen LogP contribution >= 0.6 is 11.6 Å². The molecular weight excluding hydrogens is 314 g/mol. The third-order valence-corrected chi connectivity index (χ3v) is 5.82. The number of amides is 1. The fraction of sp³-hybridized carbons (Fsp3) is 0.611. The molecule has 0 heterocycles. The van der Waals surface area contributed by atoms with Gasteiger partial charge in [0.1, 0.15) is 0 Å². The van der Waals surface area contributed by atoms with E-state index in [-0.39, 0.29) is 12.1 Å². The van der Waals surface area contributed by atoms with E-state index < -0.39 is 6.09 Å². The SMILES string of the molecule is COCC[C@@H](c1ccccc1Cl)N(C(=O)O)C1CC2CCC1C2. The minimum absolute atomic E-state index is 0.115. The number of carboxylic acid groups (broad SMARTS) is 1. The molecule has 0 spiro atoms. The molecule has 0 aliphatic heterocycles. The summed E-state index contributed by atoms with van der Waals surface area (Å²) in [5, 5.41) is 10.6. The molecule has 5 heteroatoms. The molecule has 1 aromatic carbocycles. The summed E-state index contributed by atoms with van der Waals surface area (Å²) >= 11 is 6.37. The van der Waals surface area contributed by atoms with Gasteiger partial charge in [0.15, 0.2) is 0 Å². The van der Waals surface area contributed by atoms with Crippen LogP contribution in [0.25, 0.3) is 0 Å². The Hall–Kier alpha value is -1.26. The average molecular weight is 338 g/mol. The highest BCUT2D eigenvalue weighted by Crippen LogP contribution is 2.49. The molecule has 4 nitrogen and oxygen atoms in total. The Bertz CT molecular complexity index is 565. The molecule has 0 saturated heterocycles. The van der Waals surface area contributed by atoms with Crippen molar-refractivity contribution >= 4 is 17.7 Å². The lowest BCUT2D eigenvalue weighted by Crippen LogP contribution is -2.45. The van der Waals surface area contributed by atoms with E-state index >= 15 is 0 Å². The Morgan fingerprint density at radius 2 is 2.17 bits per heavy atom. The number of carbonyl (C=O) groups is 1. The van der Waals surface area contributed by atoms with Crippen molar-refractivity contribution in [1.82, 2.24) is 4.90 Å². The third-order valence-electron chi connectivity index (χ3n) is 5.47. The van der Waals surface area contributed by atoms with Gasteiger partial charge in [-0.15, -0.1) is 0 Å². The minimum Gasteiger partial charge on any atom is -0.465 e. The Morgan fingerprint density at radius 1 is 1.39 bits per heavy atom. The number of hydrogen-bond donors (Lipinski definition) is 1. The van der Waals surface area contributed by atoms with Gasteiger partial charge in [-0.1, -0.05) is 36.2 Å². The van der Waals surface area contributed by atoms with Crippen molar-refractivity contribution in [1.29, 1.82) is 0 Å². The summed E-state index contributed by atoms with van der Waals surface area (Å²) in [7, 11) is 1.65. The summed E-state index contributed by atoms with van der Waals surface area (Å²) in [4.78, 5) is 13.8. The molecule has 2 saturated carbocycles. The molecule has 2 aliphatic carbocycles. The molecule has 3 unspecified atom stereocenters. The van der Waals surface area contributed by atoms with Gasteiger partial charge in [-0.3, -0.25) is 4.90 Å². The van der Waals surface area contributed by atoms with Crippen LogP contribution in [0.15, 0.2) is 24.3 Å². The Labute approximate surface area is 142 Å². The van der Waals surface area contributed by atoms with Gasteiger partial charge in [-0.25, -0.2) is 4.79 Å². The zero-order valence-electron chi connectivity index (χ0n) is 13.5. The quantitative estimate of drug-likeness (QED) is 0.826. The van der Waals surface area contributed by atoms with Crippen molar-refractivity contribution in [2.45, 2.75) is 44.2 Å². The molecular formula is C18H24ClNO3. The number of methoxy groups -OCH3 is 1. The van der Waals surface area contributed by atoms with Crippen molar-refractivity contribution in [3.8, 4) is 0 Å². The molecule has 1 aromatic rings. The number of ether oxygens (including phenoxy) is 1. The Balaban J connectivity index is 1.92. The molecule has 4 atom stereocenters. The lowest BCUT2D eigenvalue weighted by molar-refractivity contribution is 0.0625. The molecule has 2 bridgehead atoms. The third kappa shape index (κ3) is 3.33. The maximum Gasteiger partial charge on any atom is 0.408 e. The number of nitrogens with zero attached hydrogens (tertiary/aromatic N) is 1. The van der Waals surface area contributed by atoms with Crippen LogP contribution in [0.2, 0.25) is 5.02 Å². The molecule has 2 fully saturated rings. The van der Waals surface area contributed by atoms with Gasteiger partial charge >= 0.3 is 6.09 Å². The zero-order valence-corrected chi connectivity index (χ0v) is 14.2. The van der Waals surface area contributed by atoms with Crippen LogP contribution in [0, 0.1) is 11.8 Å². The highest BCUT2D eigenvalue weighted by atomic mass is 35.5. The molecule has 3 rings (SSSR count). The van der Waals surface area contributed by atoms with Crippen LogP contribution in [-0.2, 0) is 4.74 Å². The molecule has 1 N–H and O–H groups in total. The fourth-order valence-electron chi connectivity index (χ4n) is 4.48. The minimum atomic E-state index is -0.844. The standard InChI is InChI=1S/C18H24ClNO3/c1-23-9-8-16(14-4-2-3-5-15(14)19)20(18(21)22)17-11-12-6-7-13(17)10-12/h2-5,12-13,16-17H,6-11H2,1H3,(H,21,22)/t12?,13?,16-,17?/m0/s1. The summed E-state index contributed by atoms with van der Waals surface area (Å²) in [5.41, 5.74) is 0.886. The number of benzene rings is 1. The predicted molar refractivity (Wildman–Crippen MR) is 89.8 cm³/mol. The van der Waals surface area contributed by atoms with Crippen LogP contribution in [-0.4, -0.2) is 35.9 Å². The van der Waals surface area contributed by atoms with Crippen molar-refractivity contribution in [3.63, 3.8) is 0 Å². The van der Waals surface area contributed by atoms with E-state index in [0.717, 1.165) is 18.4 Å². The summed E-state index contributed by atoms with van der Waals surface area (Å²) in [6, 6.07) is 7.43. The van der Waals surface area contributed by atoms with Gasteiger partial charge in [0.25, 0.3) is 0 Å². The molecule has 1 amide bonds. The van der Waals surface area contributed by atoms with Crippen LogP contribution in [0.3, 0.4) is 0 Å². The van der Waals surface area contributed by atoms with Crippen LogP contribution in [0.4, 0.5) is 4.79 Å². The highest BCUT2D eigenvalue weighted by Gasteiger charge is 2.46. The molecule has 2 aliphatic rings. The van der Waals surface area contributed by atoms with E-state index in [1.54, 1.807) is 12.0 Å². The van der Waals surface area contributed by atoms with Crippen LogP contribution in [0.1, 0.15) is 43.7 Å². The van der Waals surface area contributed by atoms with E-state index in [1.807, 2.05) is 24.3 Å². The number of fused-ring (bicyclic) bond motifs is 2. The topological polar surface area (TPSA) is 49.8 Å². The lowest BCUT2D eigenvalue weighted by atomic mass is 9.91. The molecule has 23 heavy (non-hydrogen) atoms. The van der Waals surface area contributed by atoms with Gasteiger partial charge in [0, 0.05) is 24.8 Å². The predicted octanol–water partition coefficient (Wildman–Crippen LogP) is 4.59. The summed E-state index contributed by atoms with van der Waals surface area (Å²) in [6.07, 6.45) is 4.35. The second-order valence-corrected chi connectivity index (χ2v) is 7.16. The first-order chi connectivity index (χ1) is 11.1. The average Bonchev–Trinajstić information content (AvgIpc) is 3.14. The largest absolute Gasteiger partial charge is 0.465 e. The first-order valence-corrected chi connectivity index (χ1v) is 8.74. The Kier molecular flexibility index (Phi) is 5.12. The lowest BCUT2D eigenvalue weighted by Gasteiger charge is -2.39. The number of hydrogen-bond acceptors (Lipinski definition) is 2. The second kappa shape index (κ2) is 7.10. The van der Waals surface area contributed by atoms with Gasteiger partial charge < -0.3 is 9.84 Å². The van der Waals surface area contributed by atoms with E-state index in [1.165, 1.54) is 12.8 Å². The fourth-order valence-corrected chi connectivity index (χ4v) is 4.74. The van der Waals surface area contributed by atoms with Crippen molar-refractivity contribution in [3.05, 3.63) is 34.9 Å². The zero-order chi connectivity index (χ0) is 16.4. The molecule has 0 aromatic heterocycles. The first-order valence-electron chi connectivity index (χ1n) is 8.36. The summed E-state index contributed by atoms with van der Waals surface area (Å²) in [5.74, 6) is 1.20. The van der Waals surface area contributed by atoms with E-state index in [2.05, 4.69) is 0 Å².